The van der Waals surface area contributed by atoms with E-state index in [4.69, 9.17) is 9.84 Å². The predicted molar refractivity (Wildman–Crippen MR) is 80.6 cm³/mol. The quantitative estimate of drug-likeness (QED) is 0.853. The second kappa shape index (κ2) is 7.55. The Morgan fingerprint density at radius 3 is 2.12 bits per heavy atom. The molecule has 0 saturated heterocycles. The zero-order chi connectivity index (χ0) is 18.5. The normalized spacial score (nSPS) is 13.2. The number of halogens is 3. The minimum absolute atomic E-state index is 0.0731. The zero-order valence-corrected chi connectivity index (χ0v) is 13.6. The van der Waals surface area contributed by atoms with Gasteiger partial charge >= 0.3 is 18.2 Å². The van der Waals surface area contributed by atoms with E-state index in [0.717, 1.165) is 12.1 Å². The molecule has 1 aromatic carbocycles. The van der Waals surface area contributed by atoms with Gasteiger partial charge in [0.05, 0.1) is 12.0 Å². The Morgan fingerprint density at radius 1 is 1.17 bits per heavy atom. The Labute approximate surface area is 137 Å². The van der Waals surface area contributed by atoms with Crippen LogP contribution >= 0.6 is 0 Å². The average Bonchev–Trinajstić information content (AvgIpc) is 2.34. The third-order valence-electron chi connectivity index (χ3n) is 2.91. The van der Waals surface area contributed by atoms with Crippen molar-refractivity contribution in [3.63, 3.8) is 0 Å². The summed E-state index contributed by atoms with van der Waals surface area (Å²) < 4.78 is 42.7. The third-order valence-corrected chi connectivity index (χ3v) is 2.91. The highest BCUT2D eigenvalue weighted by atomic mass is 19.4. The topological polar surface area (TPSA) is 75.6 Å². The molecule has 0 radical (unpaired) electrons. The molecular formula is C16H20F3NO4. The van der Waals surface area contributed by atoms with E-state index in [1.807, 2.05) is 0 Å². The maximum Gasteiger partial charge on any atom is 0.416 e. The van der Waals surface area contributed by atoms with Crippen molar-refractivity contribution in [1.29, 1.82) is 0 Å². The van der Waals surface area contributed by atoms with Crippen LogP contribution in [0.4, 0.5) is 18.0 Å². The number of alkyl halides is 3. The van der Waals surface area contributed by atoms with Gasteiger partial charge in [0.1, 0.15) is 5.60 Å². The number of hydrogen-bond acceptors (Lipinski definition) is 3. The number of ether oxygens (including phenoxy) is 1. The third kappa shape index (κ3) is 7.34. The van der Waals surface area contributed by atoms with Crippen molar-refractivity contribution < 1.29 is 32.6 Å². The number of hydrogen-bond donors (Lipinski definition) is 2. The van der Waals surface area contributed by atoms with E-state index < -0.39 is 35.4 Å². The molecule has 1 aromatic rings. The van der Waals surface area contributed by atoms with Crippen LogP contribution in [0.1, 0.15) is 38.3 Å². The van der Waals surface area contributed by atoms with E-state index in [9.17, 15) is 22.8 Å². The lowest BCUT2D eigenvalue weighted by Crippen LogP contribution is -2.41. The van der Waals surface area contributed by atoms with Crippen molar-refractivity contribution in [3.8, 4) is 0 Å². The minimum atomic E-state index is -4.44. The monoisotopic (exact) mass is 347 g/mol. The molecule has 0 fully saturated rings. The van der Waals surface area contributed by atoms with Gasteiger partial charge in [-0.15, -0.1) is 0 Å². The number of amides is 1. The molecule has 0 aliphatic carbocycles. The van der Waals surface area contributed by atoms with Gasteiger partial charge in [-0.3, -0.25) is 4.79 Å². The van der Waals surface area contributed by atoms with Gasteiger partial charge in [-0.1, -0.05) is 12.1 Å². The highest BCUT2D eigenvalue weighted by Crippen LogP contribution is 2.29. The fourth-order valence-corrected chi connectivity index (χ4v) is 1.97. The predicted octanol–water partition coefficient (Wildman–Crippen LogP) is 3.62. The Morgan fingerprint density at radius 2 is 1.71 bits per heavy atom. The number of alkyl carbamates (subject to hydrolysis) is 1. The number of carboxylic acid groups (broad SMARTS) is 1. The second-order valence-corrected chi connectivity index (χ2v) is 6.34. The number of aliphatic carboxylic acids is 1. The van der Waals surface area contributed by atoms with E-state index in [1.165, 1.54) is 12.1 Å². The first-order chi connectivity index (χ1) is 10.9. The molecule has 0 aliphatic heterocycles. The van der Waals surface area contributed by atoms with Crippen LogP contribution in [0.2, 0.25) is 0 Å². The van der Waals surface area contributed by atoms with Gasteiger partial charge in [-0.2, -0.15) is 13.2 Å². The average molecular weight is 347 g/mol. The Hall–Kier alpha value is -2.25. The summed E-state index contributed by atoms with van der Waals surface area (Å²) in [6.45, 7) is 4.98. The zero-order valence-electron chi connectivity index (χ0n) is 13.6. The number of carbonyl (C=O) groups excluding carboxylic acids is 1. The SMILES string of the molecule is CC(C)(C)OC(=O)N[C@@H](CC(=O)O)Cc1ccc(C(F)(F)F)cc1. The molecule has 134 valence electrons. The second-order valence-electron chi connectivity index (χ2n) is 6.34. The lowest BCUT2D eigenvalue weighted by atomic mass is 10.0. The summed E-state index contributed by atoms with van der Waals surface area (Å²) >= 11 is 0. The molecule has 0 spiro atoms. The first kappa shape index (κ1) is 19.8. The summed E-state index contributed by atoms with van der Waals surface area (Å²) in [5, 5.41) is 11.4. The smallest absolute Gasteiger partial charge is 0.416 e. The molecule has 0 saturated carbocycles. The van der Waals surface area contributed by atoms with Gasteiger partial charge in [-0.05, 0) is 44.9 Å². The standard InChI is InChI=1S/C16H20F3NO4/c1-15(2,3)24-14(23)20-12(9-13(21)22)8-10-4-6-11(7-5-10)16(17,18)19/h4-7,12H,8-9H2,1-3H3,(H,20,23)(H,21,22)/t12-/m1/s1. The van der Waals surface area contributed by atoms with Crippen LogP contribution in [0.25, 0.3) is 0 Å². The molecule has 8 heteroatoms. The molecule has 0 unspecified atom stereocenters. The fourth-order valence-electron chi connectivity index (χ4n) is 1.97. The van der Waals surface area contributed by atoms with E-state index >= 15 is 0 Å². The van der Waals surface area contributed by atoms with Crippen LogP contribution in [0.5, 0.6) is 0 Å². The molecule has 0 heterocycles. The fraction of sp³-hybridized carbons (Fsp3) is 0.500. The lowest BCUT2D eigenvalue weighted by molar-refractivity contribution is -0.138. The summed E-state index contributed by atoms with van der Waals surface area (Å²) in [6.07, 6.45) is -5.52. The van der Waals surface area contributed by atoms with Crippen LogP contribution in [0.15, 0.2) is 24.3 Å². The number of carbonyl (C=O) groups is 2. The Bertz CT molecular complexity index is 576. The summed E-state index contributed by atoms with van der Waals surface area (Å²) in [4.78, 5) is 22.7. The van der Waals surface area contributed by atoms with Gasteiger partial charge in [0.25, 0.3) is 0 Å². The van der Waals surface area contributed by atoms with Crippen molar-refractivity contribution in [1.82, 2.24) is 5.32 Å². The van der Waals surface area contributed by atoms with E-state index in [2.05, 4.69) is 5.32 Å². The van der Waals surface area contributed by atoms with Crippen molar-refractivity contribution >= 4 is 12.1 Å². The van der Waals surface area contributed by atoms with E-state index in [-0.39, 0.29) is 12.8 Å². The molecule has 1 rings (SSSR count). The highest BCUT2D eigenvalue weighted by Gasteiger charge is 2.30. The van der Waals surface area contributed by atoms with Gasteiger partial charge in [0, 0.05) is 6.04 Å². The van der Waals surface area contributed by atoms with Crippen LogP contribution < -0.4 is 5.32 Å². The van der Waals surface area contributed by atoms with Crippen LogP contribution in [-0.4, -0.2) is 28.8 Å². The largest absolute Gasteiger partial charge is 0.481 e. The van der Waals surface area contributed by atoms with Crippen LogP contribution in [0, 0.1) is 0 Å². The molecule has 24 heavy (non-hydrogen) atoms. The summed E-state index contributed by atoms with van der Waals surface area (Å²) in [7, 11) is 0. The van der Waals surface area contributed by atoms with E-state index in [0.29, 0.717) is 5.56 Å². The maximum atomic E-state index is 12.5. The first-order valence-corrected chi connectivity index (χ1v) is 7.24. The molecule has 0 aliphatic rings. The Balaban J connectivity index is 2.79. The molecule has 0 aromatic heterocycles. The molecule has 0 bridgehead atoms. The van der Waals surface area contributed by atoms with Gasteiger partial charge in [0.2, 0.25) is 0 Å². The van der Waals surface area contributed by atoms with Crippen molar-refractivity contribution in [3.05, 3.63) is 35.4 Å². The van der Waals surface area contributed by atoms with Gasteiger partial charge in [0.15, 0.2) is 0 Å². The highest BCUT2D eigenvalue weighted by molar-refractivity contribution is 5.71. The minimum Gasteiger partial charge on any atom is -0.481 e. The van der Waals surface area contributed by atoms with Crippen LogP contribution in [-0.2, 0) is 22.1 Å². The molecule has 5 nitrogen and oxygen atoms in total. The molecule has 1 amide bonds. The first-order valence-electron chi connectivity index (χ1n) is 7.24. The van der Waals surface area contributed by atoms with Crippen molar-refractivity contribution in [2.45, 2.75) is 51.4 Å². The molecular weight excluding hydrogens is 327 g/mol. The summed E-state index contributed by atoms with van der Waals surface area (Å²) in [5.41, 5.74) is -1.06. The van der Waals surface area contributed by atoms with Crippen LogP contribution in [0.3, 0.4) is 0 Å². The van der Waals surface area contributed by atoms with Gasteiger partial charge < -0.3 is 15.2 Å². The maximum absolute atomic E-state index is 12.5. The number of benzene rings is 1. The summed E-state index contributed by atoms with van der Waals surface area (Å²) in [5.74, 6) is -1.14. The number of nitrogens with one attached hydrogen (secondary N) is 1. The number of carboxylic acids is 1. The summed E-state index contributed by atoms with van der Waals surface area (Å²) in [6, 6.07) is 3.55. The lowest BCUT2D eigenvalue weighted by Gasteiger charge is -2.23. The van der Waals surface area contributed by atoms with Crippen molar-refractivity contribution in [2.24, 2.45) is 0 Å². The van der Waals surface area contributed by atoms with E-state index in [1.54, 1.807) is 20.8 Å². The number of rotatable bonds is 5. The van der Waals surface area contributed by atoms with Crippen molar-refractivity contribution in [2.75, 3.05) is 0 Å². The Kier molecular flexibility index (Phi) is 6.22. The van der Waals surface area contributed by atoms with Gasteiger partial charge in [-0.25, -0.2) is 4.79 Å². The molecule has 1 atom stereocenters. The molecule has 2 N–H and O–H groups in total.